The van der Waals surface area contributed by atoms with Crippen molar-refractivity contribution in [2.45, 2.75) is 76.2 Å². The van der Waals surface area contributed by atoms with Gasteiger partial charge in [-0.15, -0.1) is 0 Å². The van der Waals surface area contributed by atoms with Crippen LogP contribution in [-0.4, -0.2) is 47.0 Å². The summed E-state index contributed by atoms with van der Waals surface area (Å²) in [6, 6.07) is 5.69. The van der Waals surface area contributed by atoms with Crippen molar-refractivity contribution in [2.24, 2.45) is 22.6 Å². The quantitative estimate of drug-likeness (QED) is 0.622. The predicted octanol–water partition coefficient (Wildman–Crippen LogP) is 3.69. The first-order valence-corrected chi connectivity index (χ1v) is 11.8. The Morgan fingerprint density at radius 2 is 1.94 bits per heavy atom. The first-order valence-electron chi connectivity index (χ1n) is 11.8. The Morgan fingerprint density at radius 1 is 1.24 bits per heavy atom. The van der Waals surface area contributed by atoms with Gasteiger partial charge in [0, 0.05) is 24.9 Å². The van der Waals surface area contributed by atoms with Crippen LogP contribution in [0.5, 0.6) is 5.75 Å². The molecular weight excluding hydrogens is 449 g/mol. The van der Waals surface area contributed by atoms with E-state index in [2.05, 4.69) is 10.3 Å². The van der Waals surface area contributed by atoms with Gasteiger partial charge in [-0.25, -0.2) is 4.99 Å². The normalized spacial score (nSPS) is 28.0. The first-order chi connectivity index (χ1) is 16.0. The van der Waals surface area contributed by atoms with Gasteiger partial charge in [0.15, 0.2) is 12.1 Å². The van der Waals surface area contributed by atoms with Crippen molar-refractivity contribution < 1.29 is 27.5 Å². The van der Waals surface area contributed by atoms with Gasteiger partial charge in [0.2, 0.25) is 11.8 Å². The van der Waals surface area contributed by atoms with E-state index in [-0.39, 0.29) is 48.2 Å². The number of hydrogen-bond acceptors (Lipinski definition) is 5. The fraction of sp³-hybridized carbons (Fsp3) is 0.625. The van der Waals surface area contributed by atoms with Gasteiger partial charge in [-0.1, -0.05) is 32.0 Å². The second kappa shape index (κ2) is 9.11. The molecule has 0 radical (unpaired) electrons. The number of guanidine groups is 1. The third-order valence-corrected chi connectivity index (χ3v) is 7.37. The Morgan fingerprint density at radius 3 is 2.59 bits per heavy atom. The summed E-state index contributed by atoms with van der Waals surface area (Å²) in [6.07, 6.45) is -4.11. The van der Waals surface area contributed by atoms with Crippen LogP contribution in [0.2, 0.25) is 0 Å². The summed E-state index contributed by atoms with van der Waals surface area (Å²) in [5.74, 6) is 0.176. The van der Waals surface area contributed by atoms with Crippen LogP contribution in [-0.2, 0) is 9.59 Å². The number of hydrogen-bond donors (Lipinski definition) is 2. The van der Waals surface area contributed by atoms with Gasteiger partial charge in [0.1, 0.15) is 5.75 Å². The Balaban J connectivity index is 1.34. The average molecular weight is 481 g/mol. The van der Waals surface area contributed by atoms with Crippen molar-refractivity contribution in [3.05, 3.63) is 29.8 Å². The van der Waals surface area contributed by atoms with Crippen LogP contribution in [0.15, 0.2) is 29.3 Å². The van der Waals surface area contributed by atoms with Crippen molar-refractivity contribution in [1.82, 2.24) is 10.2 Å². The maximum Gasteiger partial charge on any atom is 0.425 e. The molecule has 1 fully saturated rings. The first kappa shape index (κ1) is 24.3. The lowest BCUT2D eigenvalue weighted by atomic mass is 9.88. The van der Waals surface area contributed by atoms with Crippen molar-refractivity contribution in [3.8, 4) is 5.75 Å². The number of amides is 2. The number of benzene rings is 1. The fourth-order valence-electron chi connectivity index (χ4n) is 4.97. The molecule has 1 aliphatic carbocycles. The van der Waals surface area contributed by atoms with Crippen molar-refractivity contribution in [3.63, 3.8) is 0 Å². The van der Waals surface area contributed by atoms with Crippen LogP contribution in [0.4, 0.5) is 13.2 Å². The van der Waals surface area contributed by atoms with E-state index < -0.39 is 23.9 Å². The lowest BCUT2D eigenvalue weighted by Crippen LogP contribution is -2.52. The van der Waals surface area contributed by atoms with Crippen LogP contribution in [0.1, 0.15) is 64.0 Å². The lowest BCUT2D eigenvalue weighted by molar-refractivity contribution is -0.201. The summed E-state index contributed by atoms with van der Waals surface area (Å²) in [4.78, 5) is 31.5. The predicted molar refractivity (Wildman–Crippen MR) is 120 cm³/mol. The van der Waals surface area contributed by atoms with Gasteiger partial charge in [0.25, 0.3) is 0 Å². The topological polar surface area (TPSA) is 97.0 Å². The molecule has 4 atom stereocenters. The second-order valence-corrected chi connectivity index (χ2v) is 9.58. The molecule has 0 saturated heterocycles. The Kier molecular flexibility index (Phi) is 6.52. The Labute approximate surface area is 196 Å². The zero-order chi connectivity index (χ0) is 24.7. The number of alkyl halides is 3. The lowest BCUT2D eigenvalue weighted by Gasteiger charge is -2.36. The number of nitrogens with zero attached hydrogens (tertiary/aromatic N) is 2. The molecular formula is C24H31F3N4O3. The second-order valence-electron chi connectivity index (χ2n) is 9.58. The molecule has 1 saturated carbocycles. The van der Waals surface area contributed by atoms with Crippen LogP contribution < -0.4 is 15.8 Å². The maximum absolute atomic E-state index is 13.3. The molecule has 186 valence electrons. The van der Waals surface area contributed by atoms with E-state index in [1.54, 1.807) is 18.2 Å². The Bertz CT molecular complexity index is 976. The molecule has 2 amide bonds. The third-order valence-electron chi connectivity index (χ3n) is 7.37. The van der Waals surface area contributed by atoms with Crippen LogP contribution >= 0.6 is 0 Å². The standard InChI is InChI=1S/C24H31F3N4O3/c1-3-23(4-2)12-21(33)31(22(28)30-23)13-15-9-14(15)10-20(32)29-17-11-19(24(25,26)27)34-18-8-6-5-7-16(17)18/h5-8,14-15,17,19H,3-4,9-13H2,1-2H3,(H2,28,30)(H,29,32)/t14-,15?,17?,19?/m0/s1. The zero-order valence-corrected chi connectivity index (χ0v) is 19.4. The highest BCUT2D eigenvalue weighted by molar-refractivity contribution is 5.99. The van der Waals surface area contributed by atoms with Crippen molar-refractivity contribution in [1.29, 1.82) is 0 Å². The molecule has 3 aliphatic rings. The van der Waals surface area contributed by atoms with Gasteiger partial charge in [-0.2, -0.15) is 13.2 Å². The highest BCUT2D eigenvalue weighted by atomic mass is 19.4. The molecule has 4 rings (SSSR count). The summed E-state index contributed by atoms with van der Waals surface area (Å²) >= 11 is 0. The molecule has 2 aliphatic heterocycles. The number of aliphatic imine (C=N–C) groups is 1. The number of carbonyl (C=O) groups excluding carboxylic acids is 2. The summed E-state index contributed by atoms with van der Waals surface area (Å²) in [6.45, 7) is 4.39. The monoisotopic (exact) mass is 480 g/mol. The zero-order valence-electron chi connectivity index (χ0n) is 19.4. The summed E-state index contributed by atoms with van der Waals surface area (Å²) < 4.78 is 45.0. The molecule has 0 spiro atoms. The van der Waals surface area contributed by atoms with Crippen LogP contribution in [0, 0.1) is 11.8 Å². The number of halogens is 3. The Hall–Kier alpha value is -2.78. The maximum atomic E-state index is 13.3. The number of rotatable bonds is 7. The van der Waals surface area contributed by atoms with Gasteiger partial charge in [0.05, 0.1) is 18.0 Å². The van der Waals surface area contributed by atoms with Crippen molar-refractivity contribution >= 4 is 17.8 Å². The molecule has 0 bridgehead atoms. The van der Waals surface area contributed by atoms with Gasteiger partial charge in [-0.3, -0.25) is 14.5 Å². The van der Waals surface area contributed by atoms with Gasteiger partial charge >= 0.3 is 6.18 Å². The van der Waals surface area contributed by atoms with Crippen LogP contribution in [0.3, 0.4) is 0 Å². The molecule has 7 nitrogen and oxygen atoms in total. The third kappa shape index (κ3) is 5.00. The SMILES string of the molecule is CCC1(CC)CC(=O)N(CC2C[C@H]2CC(=O)NC2CC(C(F)(F)F)Oc3ccccc32)C(N)=N1. The number of carbonyl (C=O) groups is 2. The molecule has 1 aromatic carbocycles. The molecule has 1 aromatic rings. The summed E-state index contributed by atoms with van der Waals surface area (Å²) in [5, 5.41) is 2.77. The van der Waals surface area contributed by atoms with E-state index in [0.29, 0.717) is 18.5 Å². The molecule has 3 unspecified atom stereocenters. The minimum atomic E-state index is -4.52. The van der Waals surface area contributed by atoms with Gasteiger partial charge in [-0.05, 0) is 37.2 Å². The smallest absolute Gasteiger partial charge is 0.425 e. The van der Waals surface area contributed by atoms with E-state index in [0.717, 1.165) is 19.3 Å². The minimum Gasteiger partial charge on any atom is -0.480 e. The van der Waals surface area contributed by atoms with E-state index in [1.807, 2.05) is 13.8 Å². The number of ether oxygens (including phenoxy) is 1. The molecule has 10 heteroatoms. The van der Waals surface area contributed by atoms with E-state index in [4.69, 9.17) is 10.5 Å². The highest BCUT2D eigenvalue weighted by Crippen LogP contribution is 2.44. The largest absolute Gasteiger partial charge is 0.480 e. The number of nitrogens with one attached hydrogen (secondary N) is 1. The fourth-order valence-corrected chi connectivity index (χ4v) is 4.97. The van der Waals surface area contributed by atoms with E-state index >= 15 is 0 Å². The number of nitrogens with two attached hydrogens (primary N) is 1. The van der Waals surface area contributed by atoms with Crippen LogP contribution in [0.25, 0.3) is 0 Å². The molecule has 2 heterocycles. The highest BCUT2D eigenvalue weighted by Gasteiger charge is 2.47. The number of fused-ring (bicyclic) bond motifs is 1. The van der Waals surface area contributed by atoms with Crippen molar-refractivity contribution in [2.75, 3.05) is 6.54 Å². The van der Waals surface area contributed by atoms with E-state index in [9.17, 15) is 22.8 Å². The molecule has 3 N–H and O–H groups in total. The number of para-hydroxylation sites is 1. The minimum absolute atomic E-state index is 0.0525. The van der Waals surface area contributed by atoms with Gasteiger partial charge < -0.3 is 15.8 Å². The molecule has 34 heavy (non-hydrogen) atoms. The summed E-state index contributed by atoms with van der Waals surface area (Å²) in [7, 11) is 0. The average Bonchev–Trinajstić information content (AvgIpc) is 3.52. The van der Waals surface area contributed by atoms with E-state index in [1.165, 1.54) is 11.0 Å². The summed E-state index contributed by atoms with van der Waals surface area (Å²) in [5.41, 5.74) is 6.22. The molecule has 0 aromatic heterocycles.